The van der Waals surface area contributed by atoms with Gasteiger partial charge in [-0.2, -0.15) is 0 Å². The molecule has 0 bridgehead atoms. The first-order valence-corrected chi connectivity index (χ1v) is 7.77. The predicted octanol–water partition coefficient (Wildman–Crippen LogP) is 4.16. The maximum Gasteiger partial charge on any atom is 0.331 e. The summed E-state index contributed by atoms with van der Waals surface area (Å²) < 4.78 is 10.7. The molecule has 0 amide bonds. The zero-order chi connectivity index (χ0) is 15.4. The third-order valence-electron chi connectivity index (χ3n) is 2.66. The van der Waals surface area contributed by atoms with E-state index in [2.05, 4.69) is 15.9 Å². The average Bonchev–Trinajstić information content (AvgIpc) is 2.99. The Morgan fingerprint density at radius 1 is 1.38 bits per heavy atom. The Hall–Kier alpha value is -1.66. The van der Waals surface area contributed by atoms with Gasteiger partial charge in [0.1, 0.15) is 5.76 Å². The molecule has 0 fully saturated rings. The smallest absolute Gasteiger partial charge is 0.331 e. The number of hydrogen-bond acceptors (Lipinski definition) is 5. The van der Waals surface area contributed by atoms with Crippen molar-refractivity contribution in [1.29, 1.82) is 0 Å². The van der Waals surface area contributed by atoms with E-state index < -0.39 is 5.97 Å². The third-order valence-corrected chi connectivity index (χ3v) is 4.06. The summed E-state index contributed by atoms with van der Waals surface area (Å²) in [4.78, 5) is 25.5. The maximum atomic E-state index is 11.9. The van der Waals surface area contributed by atoms with Crippen molar-refractivity contribution < 1.29 is 18.7 Å². The third kappa shape index (κ3) is 4.41. The van der Waals surface area contributed by atoms with E-state index in [4.69, 9.17) is 9.15 Å². The number of carbonyl (C=O) groups excluding carboxylic acids is 2. The van der Waals surface area contributed by atoms with E-state index in [0.717, 1.165) is 9.75 Å². The first-order valence-electron chi connectivity index (χ1n) is 6.16. The van der Waals surface area contributed by atoms with Crippen LogP contribution in [-0.4, -0.2) is 18.4 Å². The number of hydrogen-bond donors (Lipinski definition) is 0. The van der Waals surface area contributed by atoms with Gasteiger partial charge in [0.2, 0.25) is 5.78 Å². The Kier molecular flexibility index (Phi) is 5.14. The van der Waals surface area contributed by atoms with Crippen molar-refractivity contribution in [1.82, 2.24) is 0 Å². The number of esters is 1. The molecule has 0 aliphatic rings. The van der Waals surface area contributed by atoms with Crippen molar-refractivity contribution in [2.24, 2.45) is 0 Å². The Morgan fingerprint density at radius 2 is 2.14 bits per heavy atom. The lowest BCUT2D eigenvalue weighted by Crippen LogP contribution is -2.12. The minimum atomic E-state index is -0.583. The number of ketones is 1. The number of carbonyl (C=O) groups is 2. The molecular weight excluding hydrogens is 356 g/mol. The quantitative estimate of drug-likeness (QED) is 0.451. The summed E-state index contributed by atoms with van der Waals surface area (Å²) in [6, 6.07) is 5.24. The summed E-state index contributed by atoms with van der Waals surface area (Å²) in [5.74, 6) is -0.255. The highest BCUT2D eigenvalue weighted by atomic mass is 79.9. The molecule has 2 rings (SSSR count). The van der Waals surface area contributed by atoms with Crippen LogP contribution in [-0.2, 0) is 9.53 Å². The molecule has 0 aromatic carbocycles. The number of Topliss-reactive ketones (excluding diaryl/α,β-unsaturated/α-hetero) is 1. The lowest BCUT2D eigenvalue weighted by Gasteiger charge is -2.00. The van der Waals surface area contributed by atoms with Crippen LogP contribution < -0.4 is 0 Å². The SMILES string of the molecule is Cc1cc(C(=O)COC(=O)/C=C/c2ccc(Br)o2)c(C)s1. The lowest BCUT2D eigenvalue weighted by molar-refractivity contribution is -0.136. The van der Waals surface area contributed by atoms with E-state index in [1.165, 1.54) is 12.2 Å². The maximum absolute atomic E-state index is 11.9. The zero-order valence-corrected chi connectivity index (χ0v) is 13.9. The standard InChI is InChI=1S/C15H13BrO4S/c1-9-7-12(10(2)21-9)13(17)8-19-15(18)6-4-11-3-5-14(16)20-11/h3-7H,8H2,1-2H3/b6-4+. The molecule has 0 spiro atoms. The molecule has 2 aromatic heterocycles. The van der Waals surface area contributed by atoms with Crippen LogP contribution in [0.5, 0.6) is 0 Å². The van der Waals surface area contributed by atoms with Gasteiger partial charge < -0.3 is 9.15 Å². The van der Waals surface area contributed by atoms with Crippen LogP contribution in [0.2, 0.25) is 0 Å². The summed E-state index contributed by atoms with van der Waals surface area (Å²) in [5.41, 5.74) is 0.615. The van der Waals surface area contributed by atoms with Crippen LogP contribution in [0.3, 0.4) is 0 Å². The molecule has 110 valence electrons. The molecule has 6 heteroatoms. The zero-order valence-electron chi connectivity index (χ0n) is 11.5. The molecule has 21 heavy (non-hydrogen) atoms. The van der Waals surface area contributed by atoms with Gasteiger partial charge in [-0.15, -0.1) is 11.3 Å². The molecule has 0 aliphatic carbocycles. The number of aryl methyl sites for hydroxylation is 2. The molecule has 0 unspecified atom stereocenters. The number of halogens is 1. The van der Waals surface area contributed by atoms with Gasteiger partial charge in [-0.3, -0.25) is 4.79 Å². The monoisotopic (exact) mass is 368 g/mol. The normalized spacial score (nSPS) is 11.0. The van der Waals surface area contributed by atoms with E-state index in [1.54, 1.807) is 23.5 Å². The van der Waals surface area contributed by atoms with Gasteiger partial charge in [-0.25, -0.2) is 4.79 Å². The Balaban J connectivity index is 1.88. The second-order valence-corrected chi connectivity index (χ2v) is 6.58. The van der Waals surface area contributed by atoms with Crippen molar-refractivity contribution >= 4 is 45.1 Å². The number of furan rings is 1. The molecule has 0 N–H and O–H groups in total. The van der Waals surface area contributed by atoms with Gasteiger partial charge in [-0.05, 0) is 54.1 Å². The minimum absolute atomic E-state index is 0.195. The second-order valence-electron chi connectivity index (χ2n) is 4.33. The molecule has 0 aliphatic heterocycles. The van der Waals surface area contributed by atoms with Crippen LogP contribution in [0, 0.1) is 13.8 Å². The summed E-state index contributed by atoms with van der Waals surface area (Å²) in [7, 11) is 0. The van der Waals surface area contributed by atoms with Gasteiger partial charge >= 0.3 is 5.97 Å². The largest absolute Gasteiger partial charge is 0.454 e. The average molecular weight is 369 g/mol. The Morgan fingerprint density at radius 3 is 2.71 bits per heavy atom. The predicted molar refractivity (Wildman–Crippen MR) is 84.5 cm³/mol. The number of ether oxygens (including phenoxy) is 1. The molecule has 2 heterocycles. The first-order chi connectivity index (χ1) is 9.95. The summed E-state index contributed by atoms with van der Waals surface area (Å²) >= 11 is 4.71. The van der Waals surface area contributed by atoms with Gasteiger partial charge in [0, 0.05) is 21.4 Å². The van der Waals surface area contributed by atoms with Crippen molar-refractivity contribution in [3.05, 3.63) is 50.0 Å². The first kappa shape index (κ1) is 15.7. The van der Waals surface area contributed by atoms with Crippen LogP contribution in [0.25, 0.3) is 6.08 Å². The van der Waals surface area contributed by atoms with Gasteiger partial charge in [0.25, 0.3) is 0 Å². The van der Waals surface area contributed by atoms with Gasteiger partial charge in [0.15, 0.2) is 11.3 Å². The molecule has 0 atom stereocenters. The fourth-order valence-electron chi connectivity index (χ4n) is 1.74. The van der Waals surface area contributed by atoms with Crippen molar-refractivity contribution in [2.45, 2.75) is 13.8 Å². The summed E-state index contributed by atoms with van der Waals surface area (Å²) in [6.45, 7) is 3.55. The van der Waals surface area contributed by atoms with Crippen LogP contribution in [0.4, 0.5) is 0 Å². The van der Waals surface area contributed by atoms with E-state index in [0.29, 0.717) is 16.0 Å². The molecule has 4 nitrogen and oxygen atoms in total. The highest BCUT2D eigenvalue weighted by molar-refractivity contribution is 9.10. The van der Waals surface area contributed by atoms with E-state index in [1.807, 2.05) is 19.9 Å². The molecule has 0 saturated carbocycles. The van der Waals surface area contributed by atoms with Crippen molar-refractivity contribution in [3.8, 4) is 0 Å². The fraction of sp³-hybridized carbons (Fsp3) is 0.200. The van der Waals surface area contributed by atoms with E-state index in [9.17, 15) is 9.59 Å². The van der Waals surface area contributed by atoms with Crippen molar-refractivity contribution in [2.75, 3.05) is 6.61 Å². The topological polar surface area (TPSA) is 56.5 Å². The number of thiophene rings is 1. The Bertz CT molecular complexity index is 696. The Labute approximate surface area is 134 Å². The molecule has 0 saturated heterocycles. The van der Waals surface area contributed by atoms with Gasteiger partial charge in [-0.1, -0.05) is 0 Å². The summed E-state index contributed by atoms with van der Waals surface area (Å²) in [6.07, 6.45) is 2.71. The lowest BCUT2D eigenvalue weighted by atomic mass is 10.2. The van der Waals surface area contributed by atoms with Gasteiger partial charge in [0.05, 0.1) is 0 Å². The highest BCUT2D eigenvalue weighted by Gasteiger charge is 2.13. The summed E-state index contributed by atoms with van der Waals surface area (Å²) in [5, 5.41) is 0. The van der Waals surface area contributed by atoms with E-state index >= 15 is 0 Å². The van der Waals surface area contributed by atoms with Crippen LogP contribution >= 0.6 is 27.3 Å². The fourth-order valence-corrected chi connectivity index (χ4v) is 3.00. The van der Waals surface area contributed by atoms with Crippen LogP contribution in [0.1, 0.15) is 25.9 Å². The van der Waals surface area contributed by atoms with E-state index in [-0.39, 0.29) is 12.4 Å². The second kappa shape index (κ2) is 6.87. The molecule has 0 radical (unpaired) electrons. The number of rotatable bonds is 5. The molecule has 2 aromatic rings. The minimum Gasteiger partial charge on any atom is -0.454 e. The molecular formula is C15H13BrO4S. The van der Waals surface area contributed by atoms with Crippen LogP contribution in [0.15, 0.2) is 33.4 Å². The van der Waals surface area contributed by atoms with Crippen molar-refractivity contribution in [3.63, 3.8) is 0 Å². The highest BCUT2D eigenvalue weighted by Crippen LogP contribution is 2.21.